The molecule has 86 valence electrons. The maximum absolute atomic E-state index is 10.8. The SMILES string of the molecule is CCCCCCC[C@@H](O)CS(C)(=O)=O. The van der Waals surface area contributed by atoms with Crippen LogP contribution < -0.4 is 0 Å². The summed E-state index contributed by atoms with van der Waals surface area (Å²) in [5.74, 6) is -0.0965. The lowest BCUT2D eigenvalue weighted by Crippen LogP contribution is -2.19. The van der Waals surface area contributed by atoms with Crippen LogP contribution in [0.4, 0.5) is 0 Å². The van der Waals surface area contributed by atoms with Gasteiger partial charge in [0.2, 0.25) is 0 Å². The Morgan fingerprint density at radius 2 is 1.71 bits per heavy atom. The monoisotopic (exact) mass is 222 g/mol. The van der Waals surface area contributed by atoms with Crippen molar-refractivity contribution in [1.82, 2.24) is 0 Å². The van der Waals surface area contributed by atoms with Gasteiger partial charge in [-0.25, -0.2) is 8.42 Å². The van der Waals surface area contributed by atoms with Gasteiger partial charge in [0.1, 0.15) is 9.84 Å². The number of sulfone groups is 1. The van der Waals surface area contributed by atoms with Crippen LogP contribution in [0.15, 0.2) is 0 Å². The number of rotatable bonds is 8. The summed E-state index contributed by atoms with van der Waals surface area (Å²) < 4.78 is 21.6. The van der Waals surface area contributed by atoms with Gasteiger partial charge in [-0.2, -0.15) is 0 Å². The maximum atomic E-state index is 10.8. The van der Waals surface area contributed by atoms with Gasteiger partial charge in [0, 0.05) is 6.26 Å². The molecule has 0 aliphatic rings. The predicted molar refractivity (Wildman–Crippen MR) is 59.1 cm³/mol. The summed E-state index contributed by atoms with van der Waals surface area (Å²) in [5, 5.41) is 9.36. The van der Waals surface area contributed by atoms with Crippen molar-refractivity contribution >= 4 is 9.84 Å². The molecule has 0 saturated heterocycles. The molecule has 0 heterocycles. The van der Waals surface area contributed by atoms with Crippen LogP contribution in [-0.4, -0.2) is 31.6 Å². The van der Waals surface area contributed by atoms with E-state index in [4.69, 9.17) is 0 Å². The summed E-state index contributed by atoms with van der Waals surface area (Å²) in [7, 11) is -3.02. The Morgan fingerprint density at radius 3 is 2.21 bits per heavy atom. The highest BCUT2D eigenvalue weighted by atomic mass is 32.2. The van der Waals surface area contributed by atoms with E-state index in [9.17, 15) is 13.5 Å². The van der Waals surface area contributed by atoms with Gasteiger partial charge in [-0.3, -0.25) is 0 Å². The molecule has 0 aliphatic carbocycles. The average Bonchev–Trinajstić information content (AvgIpc) is 2.00. The summed E-state index contributed by atoms with van der Waals surface area (Å²) >= 11 is 0. The molecule has 0 unspecified atom stereocenters. The summed E-state index contributed by atoms with van der Waals surface area (Å²) in [6.45, 7) is 2.15. The number of aliphatic hydroxyl groups is 1. The van der Waals surface area contributed by atoms with Gasteiger partial charge in [0.05, 0.1) is 11.9 Å². The molecule has 1 atom stereocenters. The third-order valence-corrected chi connectivity index (χ3v) is 3.13. The van der Waals surface area contributed by atoms with Crippen LogP contribution in [0.1, 0.15) is 45.4 Å². The molecule has 0 saturated carbocycles. The van der Waals surface area contributed by atoms with Crippen LogP contribution in [0.2, 0.25) is 0 Å². The largest absolute Gasteiger partial charge is 0.392 e. The van der Waals surface area contributed by atoms with E-state index in [1.807, 2.05) is 0 Å². The van der Waals surface area contributed by atoms with Gasteiger partial charge < -0.3 is 5.11 Å². The fourth-order valence-electron chi connectivity index (χ4n) is 1.42. The fraction of sp³-hybridized carbons (Fsp3) is 1.00. The van der Waals surface area contributed by atoms with Gasteiger partial charge in [-0.05, 0) is 6.42 Å². The molecule has 0 fully saturated rings. The molecular weight excluding hydrogens is 200 g/mol. The quantitative estimate of drug-likeness (QED) is 0.637. The summed E-state index contributed by atoms with van der Waals surface area (Å²) in [6, 6.07) is 0. The Morgan fingerprint density at radius 1 is 1.14 bits per heavy atom. The minimum atomic E-state index is -3.02. The molecule has 0 aromatic rings. The highest BCUT2D eigenvalue weighted by Gasteiger charge is 2.11. The zero-order valence-corrected chi connectivity index (χ0v) is 10.0. The number of hydrogen-bond donors (Lipinski definition) is 1. The van der Waals surface area contributed by atoms with Gasteiger partial charge in [-0.1, -0.05) is 39.0 Å². The number of aliphatic hydroxyl groups excluding tert-OH is 1. The molecule has 0 amide bonds. The van der Waals surface area contributed by atoms with E-state index in [-0.39, 0.29) is 5.75 Å². The fourth-order valence-corrected chi connectivity index (χ4v) is 2.28. The highest BCUT2D eigenvalue weighted by molar-refractivity contribution is 7.90. The average molecular weight is 222 g/mol. The van der Waals surface area contributed by atoms with Crippen LogP contribution in [0.5, 0.6) is 0 Å². The van der Waals surface area contributed by atoms with E-state index in [2.05, 4.69) is 6.92 Å². The Hall–Kier alpha value is -0.0900. The summed E-state index contributed by atoms with van der Waals surface area (Å²) in [5.41, 5.74) is 0. The minimum absolute atomic E-state index is 0.0965. The van der Waals surface area contributed by atoms with Crippen molar-refractivity contribution < 1.29 is 13.5 Å². The topological polar surface area (TPSA) is 54.4 Å². The Balaban J connectivity index is 3.41. The van der Waals surface area contributed by atoms with E-state index >= 15 is 0 Å². The van der Waals surface area contributed by atoms with Crippen molar-refractivity contribution in [3.05, 3.63) is 0 Å². The molecule has 0 aromatic heterocycles. The van der Waals surface area contributed by atoms with Crippen LogP contribution in [-0.2, 0) is 9.84 Å². The first-order valence-corrected chi connectivity index (χ1v) is 7.37. The van der Waals surface area contributed by atoms with Crippen molar-refractivity contribution in [1.29, 1.82) is 0 Å². The molecule has 0 radical (unpaired) electrons. The molecular formula is C10H22O3S. The second-order valence-corrected chi connectivity index (χ2v) is 6.13. The minimum Gasteiger partial charge on any atom is -0.392 e. The smallest absolute Gasteiger partial charge is 0.149 e. The predicted octanol–water partition coefficient (Wildman–Crippen LogP) is 1.75. The lowest BCUT2D eigenvalue weighted by molar-refractivity contribution is 0.183. The molecule has 0 aromatic carbocycles. The Kier molecular flexibility index (Phi) is 7.19. The normalized spacial score (nSPS) is 14.2. The van der Waals surface area contributed by atoms with E-state index in [1.54, 1.807) is 0 Å². The molecule has 3 nitrogen and oxygen atoms in total. The number of hydrogen-bond acceptors (Lipinski definition) is 3. The van der Waals surface area contributed by atoms with Crippen molar-refractivity contribution in [3.63, 3.8) is 0 Å². The molecule has 0 rings (SSSR count). The second-order valence-electron chi connectivity index (χ2n) is 3.95. The molecule has 0 bridgehead atoms. The molecule has 0 spiro atoms. The molecule has 0 aliphatic heterocycles. The Bertz CT molecular complexity index is 222. The van der Waals surface area contributed by atoms with Crippen LogP contribution >= 0.6 is 0 Å². The first kappa shape index (κ1) is 13.9. The summed E-state index contributed by atoms with van der Waals surface area (Å²) in [6.07, 6.45) is 6.72. The van der Waals surface area contributed by atoms with E-state index in [0.29, 0.717) is 6.42 Å². The molecule has 4 heteroatoms. The van der Waals surface area contributed by atoms with Gasteiger partial charge >= 0.3 is 0 Å². The van der Waals surface area contributed by atoms with Crippen molar-refractivity contribution in [3.8, 4) is 0 Å². The van der Waals surface area contributed by atoms with Crippen LogP contribution in [0.3, 0.4) is 0 Å². The summed E-state index contributed by atoms with van der Waals surface area (Å²) in [4.78, 5) is 0. The van der Waals surface area contributed by atoms with E-state index in [1.165, 1.54) is 19.3 Å². The lowest BCUT2D eigenvalue weighted by Gasteiger charge is -2.08. The second kappa shape index (κ2) is 7.23. The third kappa shape index (κ3) is 9.99. The highest BCUT2D eigenvalue weighted by Crippen LogP contribution is 2.08. The van der Waals surface area contributed by atoms with Gasteiger partial charge in [-0.15, -0.1) is 0 Å². The lowest BCUT2D eigenvalue weighted by atomic mass is 10.1. The number of unbranched alkanes of at least 4 members (excludes halogenated alkanes) is 4. The zero-order chi connectivity index (χ0) is 11.0. The van der Waals surface area contributed by atoms with Gasteiger partial charge in [0.15, 0.2) is 0 Å². The first-order chi connectivity index (χ1) is 6.45. The van der Waals surface area contributed by atoms with Gasteiger partial charge in [0.25, 0.3) is 0 Å². The van der Waals surface area contributed by atoms with Crippen molar-refractivity contribution in [2.75, 3.05) is 12.0 Å². The Labute approximate surface area is 87.4 Å². The van der Waals surface area contributed by atoms with E-state index in [0.717, 1.165) is 19.1 Å². The van der Waals surface area contributed by atoms with Crippen molar-refractivity contribution in [2.45, 2.75) is 51.6 Å². The van der Waals surface area contributed by atoms with Crippen LogP contribution in [0, 0.1) is 0 Å². The van der Waals surface area contributed by atoms with Crippen molar-refractivity contribution in [2.24, 2.45) is 0 Å². The zero-order valence-electron chi connectivity index (χ0n) is 9.20. The van der Waals surface area contributed by atoms with Crippen LogP contribution in [0.25, 0.3) is 0 Å². The maximum Gasteiger partial charge on any atom is 0.149 e. The molecule has 1 N–H and O–H groups in total. The first-order valence-electron chi connectivity index (χ1n) is 5.31. The van der Waals surface area contributed by atoms with E-state index < -0.39 is 15.9 Å². The molecule has 14 heavy (non-hydrogen) atoms. The standard InChI is InChI=1S/C10H22O3S/c1-3-4-5-6-7-8-10(11)9-14(2,12)13/h10-11H,3-9H2,1-2H3/t10-/m1/s1. The third-order valence-electron chi connectivity index (χ3n) is 2.14.